The zero-order valence-corrected chi connectivity index (χ0v) is 30.3. The molecule has 4 aliphatic rings. The highest BCUT2D eigenvalue weighted by atomic mass is 16.6. The zero-order chi connectivity index (χ0) is 34.1. The van der Waals surface area contributed by atoms with E-state index in [1.807, 2.05) is 6.07 Å². The van der Waals surface area contributed by atoms with Gasteiger partial charge in [-0.15, -0.1) is 0 Å². The van der Waals surface area contributed by atoms with E-state index in [2.05, 4.69) is 150 Å². The second-order valence-corrected chi connectivity index (χ2v) is 17.6. The Kier molecular flexibility index (Phi) is 5.39. The fraction of sp³-hybridized carbons (Fsp3) is 0.455. The lowest BCUT2D eigenvalue weighted by molar-refractivity contribution is -0.385. The maximum atomic E-state index is 12.4. The third-order valence-corrected chi connectivity index (χ3v) is 16.6. The van der Waals surface area contributed by atoms with Crippen LogP contribution in [0.2, 0.25) is 0 Å². The Hall–Kier alpha value is -3.72. The summed E-state index contributed by atoms with van der Waals surface area (Å²) in [6.07, 6.45) is 0. The van der Waals surface area contributed by atoms with Crippen molar-refractivity contribution in [2.45, 2.75) is 126 Å². The van der Waals surface area contributed by atoms with E-state index in [-0.39, 0.29) is 48.5 Å². The van der Waals surface area contributed by atoms with Crippen molar-refractivity contribution in [3.63, 3.8) is 0 Å². The smallest absolute Gasteiger partial charge is 0.258 e. The minimum absolute atomic E-state index is 0.0833. The lowest BCUT2D eigenvalue weighted by Crippen LogP contribution is -2.85. The molecule has 4 aromatic rings. The molecule has 8 rings (SSSR count). The number of nitro benzene ring substituents is 1. The number of nitrogens with zero attached hydrogens (tertiary/aromatic N) is 1. The molecule has 242 valence electrons. The molecule has 4 aliphatic carbocycles. The Bertz CT molecular complexity index is 2110. The Morgan fingerprint density at radius 3 is 1.60 bits per heavy atom. The molecule has 0 saturated carbocycles. The molecule has 0 fully saturated rings. The van der Waals surface area contributed by atoms with Gasteiger partial charge < -0.3 is 0 Å². The van der Waals surface area contributed by atoms with Gasteiger partial charge in [0.05, 0.1) is 4.92 Å². The molecule has 0 heterocycles. The molecule has 0 aromatic heterocycles. The van der Waals surface area contributed by atoms with Crippen molar-refractivity contribution in [1.82, 2.24) is 0 Å². The first-order valence-corrected chi connectivity index (χ1v) is 17.4. The molecule has 6 atom stereocenters. The molecule has 0 N–H and O–H groups in total. The number of fused-ring (bicyclic) bond motifs is 4. The maximum Gasteiger partial charge on any atom is 0.269 e. The third kappa shape index (κ3) is 2.60. The van der Waals surface area contributed by atoms with Gasteiger partial charge in [-0.25, -0.2) is 0 Å². The molecule has 4 aromatic carbocycles. The highest BCUT2D eigenvalue weighted by Crippen LogP contribution is 2.84. The van der Waals surface area contributed by atoms with Crippen LogP contribution in [0.1, 0.15) is 125 Å². The molecule has 3 heteroatoms. The Morgan fingerprint density at radius 2 is 0.957 bits per heavy atom. The Morgan fingerprint density at radius 1 is 0.468 bits per heavy atom. The number of hydrogen-bond acceptors (Lipinski definition) is 2. The van der Waals surface area contributed by atoms with Crippen LogP contribution in [0.4, 0.5) is 5.69 Å². The van der Waals surface area contributed by atoms with Crippen molar-refractivity contribution >= 4 is 5.69 Å². The standard InChI is InChI=1S/C44H49NO2/c1-26-20-22-31-34(24-26)38(5,6)40(31,8)42(10)33-19-15-16-27(2)36(33)44(42,12)43(11)35-25-28(45(46)47)21-23-32(35)41(43,9)39(7)30-18-14-13-17-29(30)37(39,3)4/h13-25H,1-12H3. The van der Waals surface area contributed by atoms with E-state index in [0.717, 1.165) is 5.56 Å². The van der Waals surface area contributed by atoms with Crippen LogP contribution in [0.5, 0.6) is 0 Å². The van der Waals surface area contributed by atoms with E-state index in [9.17, 15) is 10.1 Å². The lowest BCUT2D eigenvalue weighted by atomic mass is 9.18. The van der Waals surface area contributed by atoms with Crippen LogP contribution in [-0.4, -0.2) is 4.92 Å². The van der Waals surface area contributed by atoms with Crippen molar-refractivity contribution in [2.24, 2.45) is 0 Å². The highest BCUT2D eigenvalue weighted by Gasteiger charge is 2.85. The maximum absolute atomic E-state index is 12.4. The minimum atomic E-state index is -0.450. The summed E-state index contributed by atoms with van der Waals surface area (Å²) in [5.74, 6) is 0. The second kappa shape index (κ2) is 8.28. The van der Waals surface area contributed by atoms with Gasteiger partial charge in [-0.3, -0.25) is 10.1 Å². The topological polar surface area (TPSA) is 43.1 Å². The van der Waals surface area contributed by atoms with Crippen LogP contribution >= 0.6 is 0 Å². The van der Waals surface area contributed by atoms with E-state index in [4.69, 9.17) is 0 Å². The number of hydrogen-bond donors (Lipinski definition) is 0. The SMILES string of the molecule is Cc1ccc2c(c1)C(C)(C)C2(C)C1(C)c2cccc(C)c2C1(C)C1(C)c2cc([N+](=O)[O-])ccc2C1(C)C1(C)c2ccccc2C1(C)C. The van der Waals surface area contributed by atoms with Gasteiger partial charge in [-0.2, -0.15) is 0 Å². The van der Waals surface area contributed by atoms with Crippen molar-refractivity contribution in [3.05, 3.63) is 145 Å². The molecule has 0 radical (unpaired) electrons. The molecule has 3 nitrogen and oxygen atoms in total. The van der Waals surface area contributed by atoms with Crippen molar-refractivity contribution in [1.29, 1.82) is 0 Å². The van der Waals surface area contributed by atoms with Gasteiger partial charge in [-0.1, -0.05) is 142 Å². The fourth-order valence-corrected chi connectivity index (χ4v) is 13.2. The molecule has 6 unspecified atom stereocenters. The first-order chi connectivity index (χ1) is 21.8. The van der Waals surface area contributed by atoms with Gasteiger partial charge in [0.15, 0.2) is 0 Å². The molecule has 0 saturated heterocycles. The van der Waals surface area contributed by atoms with Gasteiger partial charge in [0, 0.05) is 55.5 Å². The summed E-state index contributed by atoms with van der Waals surface area (Å²) in [6, 6.07) is 28.8. The van der Waals surface area contributed by atoms with Crippen LogP contribution in [-0.2, 0) is 43.3 Å². The van der Waals surface area contributed by atoms with Crippen molar-refractivity contribution in [3.8, 4) is 0 Å². The third-order valence-electron chi connectivity index (χ3n) is 16.6. The monoisotopic (exact) mass is 623 g/mol. The number of aryl methyl sites for hydroxylation is 2. The molecule has 0 spiro atoms. The van der Waals surface area contributed by atoms with E-state index in [1.54, 1.807) is 6.07 Å². The molecular weight excluding hydrogens is 574 g/mol. The summed E-state index contributed by atoms with van der Waals surface area (Å²) >= 11 is 0. The average molecular weight is 624 g/mol. The average Bonchev–Trinajstić information content (AvgIpc) is 3.05. The van der Waals surface area contributed by atoms with Gasteiger partial charge in [0.1, 0.15) is 0 Å². The van der Waals surface area contributed by atoms with Crippen LogP contribution < -0.4 is 0 Å². The summed E-state index contributed by atoms with van der Waals surface area (Å²) < 4.78 is 0. The first-order valence-electron chi connectivity index (χ1n) is 17.4. The number of nitro groups is 1. The van der Waals surface area contributed by atoms with Crippen LogP contribution in [0.15, 0.2) is 78.9 Å². The normalized spacial score (nSPS) is 36.3. The second-order valence-electron chi connectivity index (χ2n) is 17.6. The number of non-ortho nitro benzene ring substituents is 1. The summed E-state index contributed by atoms with van der Waals surface area (Å²) in [4.78, 5) is 12.2. The quantitative estimate of drug-likeness (QED) is 0.168. The predicted octanol–water partition coefficient (Wildman–Crippen LogP) is 10.5. The lowest BCUT2D eigenvalue weighted by Gasteiger charge is -2.83. The van der Waals surface area contributed by atoms with Crippen LogP contribution in [0, 0.1) is 24.0 Å². The molecule has 0 amide bonds. The largest absolute Gasteiger partial charge is 0.269 e. The molecular formula is C44H49NO2. The zero-order valence-electron chi connectivity index (χ0n) is 30.3. The highest BCUT2D eigenvalue weighted by molar-refractivity contribution is 5.77. The molecule has 47 heavy (non-hydrogen) atoms. The minimum Gasteiger partial charge on any atom is -0.258 e. The summed E-state index contributed by atoms with van der Waals surface area (Å²) in [7, 11) is 0. The van der Waals surface area contributed by atoms with Crippen molar-refractivity contribution in [2.75, 3.05) is 0 Å². The van der Waals surface area contributed by atoms with E-state index in [1.165, 1.54) is 50.1 Å². The predicted molar refractivity (Wildman–Crippen MR) is 192 cm³/mol. The van der Waals surface area contributed by atoms with E-state index >= 15 is 0 Å². The van der Waals surface area contributed by atoms with E-state index < -0.39 is 5.41 Å². The van der Waals surface area contributed by atoms with Crippen molar-refractivity contribution < 1.29 is 4.92 Å². The van der Waals surface area contributed by atoms with Gasteiger partial charge in [-0.05, 0) is 63.9 Å². The van der Waals surface area contributed by atoms with Crippen LogP contribution in [0.25, 0.3) is 0 Å². The van der Waals surface area contributed by atoms with Gasteiger partial charge in [0.25, 0.3) is 5.69 Å². The molecule has 0 aliphatic heterocycles. The van der Waals surface area contributed by atoms with E-state index in [0.29, 0.717) is 0 Å². The number of rotatable bonds is 4. The summed E-state index contributed by atoms with van der Waals surface area (Å²) in [6.45, 7) is 29.3. The number of benzene rings is 4. The fourth-order valence-electron chi connectivity index (χ4n) is 13.2. The van der Waals surface area contributed by atoms with Gasteiger partial charge in [0.2, 0.25) is 0 Å². The first kappa shape index (κ1) is 30.6. The van der Waals surface area contributed by atoms with Gasteiger partial charge >= 0.3 is 0 Å². The van der Waals surface area contributed by atoms with Crippen LogP contribution in [0.3, 0.4) is 0 Å². The Balaban J connectivity index is 1.49. The molecule has 0 bridgehead atoms. The Labute approximate surface area is 281 Å². The summed E-state index contributed by atoms with van der Waals surface area (Å²) in [5, 5.41) is 12.4. The summed E-state index contributed by atoms with van der Waals surface area (Å²) in [5.41, 5.74) is 11.7.